The van der Waals surface area contributed by atoms with E-state index in [-0.39, 0.29) is 11.8 Å². The third-order valence-corrected chi connectivity index (χ3v) is 6.43. The summed E-state index contributed by atoms with van der Waals surface area (Å²) in [6, 6.07) is 15.5. The van der Waals surface area contributed by atoms with Gasteiger partial charge in [0.2, 0.25) is 0 Å². The fourth-order valence-corrected chi connectivity index (χ4v) is 4.94. The first-order valence-corrected chi connectivity index (χ1v) is 10.9. The van der Waals surface area contributed by atoms with Crippen molar-refractivity contribution >= 4 is 39.8 Å². The van der Waals surface area contributed by atoms with Gasteiger partial charge >= 0.3 is 5.97 Å². The lowest BCUT2D eigenvalue weighted by molar-refractivity contribution is 0.0600. The van der Waals surface area contributed by atoms with E-state index in [4.69, 9.17) is 4.74 Å². The van der Waals surface area contributed by atoms with Gasteiger partial charge in [-0.15, -0.1) is 11.3 Å². The van der Waals surface area contributed by atoms with Crippen LogP contribution in [0.25, 0.3) is 0 Å². The summed E-state index contributed by atoms with van der Waals surface area (Å²) < 4.78 is 4.70. The Morgan fingerprint density at radius 1 is 0.839 bits per heavy atom. The van der Waals surface area contributed by atoms with E-state index in [1.165, 1.54) is 18.4 Å². The molecule has 7 heteroatoms. The zero-order chi connectivity index (χ0) is 21.8. The minimum absolute atomic E-state index is 0.240. The van der Waals surface area contributed by atoms with Crippen LogP contribution in [-0.4, -0.2) is 24.9 Å². The Bertz CT molecular complexity index is 1120. The molecule has 0 radical (unpaired) electrons. The van der Waals surface area contributed by atoms with Gasteiger partial charge in [0.1, 0.15) is 5.00 Å². The van der Waals surface area contributed by atoms with Gasteiger partial charge in [-0.1, -0.05) is 18.2 Å². The zero-order valence-corrected chi connectivity index (χ0v) is 17.9. The van der Waals surface area contributed by atoms with Gasteiger partial charge in [0, 0.05) is 16.1 Å². The number of rotatable bonds is 5. The first-order valence-electron chi connectivity index (χ1n) is 10.1. The van der Waals surface area contributed by atoms with E-state index in [0.29, 0.717) is 27.4 Å². The average molecular weight is 435 g/mol. The molecule has 6 nitrogen and oxygen atoms in total. The van der Waals surface area contributed by atoms with Gasteiger partial charge in [-0.3, -0.25) is 9.59 Å². The highest BCUT2D eigenvalue weighted by Gasteiger charge is 2.26. The maximum atomic E-state index is 13.2. The first-order chi connectivity index (χ1) is 15.1. The number of fused-ring (bicyclic) bond motifs is 1. The van der Waals surface area contributed by atoms with Crippen molar-refractivity contribution in [1.82, 2.24) is 0 Å². The number of anilines is 2. The molecule has 2 N–H and O–H groups in total. The molecule has 2 amide bonds. The summed E-state index contributed by atoms with van der Waals surface area (Å²) in [6.07, 6.45) is 3.83. The number of carbonyl (C=O) groups is 3. The number of carbonyl (C=O) groups excluding carboxylic acids is 3. The second-order valence-corrected chi connectivity index (χ2v) is 8.36. The number of nitrogens with one attached hydrogen (secondary N) is 2. The number of methoxy groups -OCH3 is 1. The molecular formula is C24H22N2O4S. The summed E-state index contributed by atoms with van der Waals surface area (Å²) in [5.41, 5.74) is 3.06. The average Bonchev–Trinajstić information content (AvgIpc) is 3.17. The summed E-state index contributed by atoms with van der Waals surface area (Å²) in [7, 11) is 1.32. The molecule has 0 spiro atoms. The van der Waals surface area contributed by atoms with Crippen LogP contribution in [0, 0.1) is 0 Å². The van der Waals surface area contributed by atoms with E-state index in [2.05, 4.69) is 10.6 Å². The van der Waals surface area contributed by atoms with Gasteiger partial charge in [-0.25, -0.2) is 4.79 Å². The largest absolute Gasteiger partial charge is 0.465 e. The molecule has 0 saturated carbocycles. The lowest BCUT2D eigenvalue weighted by Gasteiger charge is -2.13. The van der Waals surface area contributed by atoms with E-state index in [9.17, 15) is 14.4 Å². The van der Waals surface area contributed by atoms with Crippen molar-refractivity contribution in [3.8, 4) is 0 Å². The third-order valence-electron chi connectivity index (χ3n) is 5.23. The van der Waals surface area contributed by atoms with Crippen LogP contribution >= 0.6 is 11.3 Å². The topological polar surface area (TPSA) is 84.5 Å². The molecule has 1 aliphatic carbocycles. The van der Waals surface area contributed by atoms with E-state index >= 15 is 0 Å². The van der Waals surface area contributed by atoms with Crippen molar-refractivity contribution in [2.45, 2.75) is 25.7 Å². The quantitative estimate of drug-likeness (QED) is 0.559. The molecule has 1 aromatic heterocycles. The normalized spacial score (nSPS) is 12.5. The molecule has 158 valence electrons. The van der Waals surface area contributed by atoms with Gasteiger partial charge in [-0.2, -0.15) is 0 Å². The van der Waals surface area contributed by atoms with Gasteiger partial charge in [0.15, 0.2) is 0 Å². The van der Waals surface area contributed by atoms with Gasteiger partial charge in [0.05, 0.1) is 18.2 Å². The van der Waals surface area contributed by atoms with Crippen LogP contribution in [0.5, 0.6) is 0 Å². The Kier molecular flexibility index (Phi) is 6.13. The summed E-state index contributed by atoms with van der Waals surface area (Å²) in [5, 5.41) is 6.41. The predicted octanol–water partition coefficient (Wildman–Crippen LogP) is 4.92. The Labute approximate surface area is 184 Å². The molecule has 0 bridgehead atoms. The van der Waals surface area contributed by atoms with Crippen molar-refractivity contribution in [3.63, 3.8) is 0 Å². The highest BCUT2D eigenvalue weighted by Crippen LogP contribution is 2.38. The predicted molar refractivity (Wildman–Crippen MR) is 121 cm³/mol. The number of hydrogen-bond acceptors (Lipinski definition) is 5. The third kappa shape index (κ3) is 4.51. The highest BCUT2D eigenvalue weighted by atomic mass is 32.1. The Balaban J connectivity index is 1.60. The van der Waals surface area contributed by atoms with Crippen molar-refractivity contribution in [2.75, 3.05) is 17.7 Å². The summed E-state index contributed by atoms with van der Waals surface area (Å²) in [6.45, 7) is 0. The van der Waals surface area contributed by atoms with E-state index in [1.807, 2.05) is 6.07 Å². The molecule has 4 rings (SSSR count). The number of ether oxygens (including phenoxy) is 1. The van der Waals surface area contributed by atoms with E-state index in [1.54, 1.807) is 48.5 Å². The van der Waals surface area contributed by atoms with Gasteiger partial charge in [0.25, 0.3) is 11.8 Å². The first kappa shape index (κ1) is 20.8. The number of esters is 1. The standard InChI is InChI=1S/C24H22N2O4S/c1-30-24(29)16-11-13-17(14-12-16)25-22(28)20-18-9-5-6-10-19(18)31-23(20)26-21(27)15-7-3-2-4-8-15/h2-4,7-8,11-14H,5-6,9-10H2,1H3,(H,25,28)(H,26,27). The van der Waals surface area contributed by atoms with Crippen molar-refractivity contribution in [3.05, 3.63) is 81.7 Å². The molecule has 0 aliphatic heterocycles. The van der Waals surface area contributed by atoms with Crippen LogP contribution in [0.2, 0.25) is 0 Å². The van der Waals surface area contributed by atoms with Crippen LogP contribution in [-0.2, 0) is 17.6 Å². The maximum absolute atomic E-state index is 13.2. The van der Waals surface area contributed by atoms with Crippen molar-refractivity contribution in [1.29, 1.82) is 0 Å². The van der Waals surface area contributed by atoms with Gasteiger partial charge < -0.3 is 15.4 Å². The van der Waals surface area contributed by atoms with Crippen LogP contribution in [0.1, 0.15) is 54.4 Å². The Morgan fingerprint density at radius 3 is 2.26 bits per heavy atom. The van der Waals surface area contributed by atoms with Crippen LogP contribution in [0.4, 0.5) is 10.7 Å². The maximum Gasteiger partial charge on any atom is 0.337 e. The Morgan fingerprint density at radius 2 is 1.55 bits per heavy atom. The number of aryl methyl sites for hydroxylation is 1. The molecule has 1 heterocycles. The molecular weight excluding hydrogens is 412 g/mol. The smallest absolute Gasteiger partial charge is 0.337 e. The van der Waals surface area contributed by atoms with Crippen LogP contribution in [0.15, 0.2) is 54.6 Å². The minimum Gasteiger partial charge on any atom is -0.465 e. The summed E-state index contributed by atoms with van der Waals surface area (Å²) in [4.78, 5) is 38.7. The molecule has 0 fully saturated rings. The summed E-state index contributed by atoms with van der Waals surface area (Å²) >= 11 is 1.48. The molecule has 0 saturated heterocycles. The van der Waals surface area contributed by atoms with E-state index in [0.717, 1.165) is 36.1 Å². The van der Waals surface area contributed by atoms with Gasteiger partial charge in [-0.05, 0) is 67.6 Å². The number of hydrogen-bond donors (Lipinski definition) is 2. The number of thiophene rings is 1. The second-order valence-electron chi connectivity index (χ2n) is 7.26. The fourth-order valence-electron chi connectivity index (χ4n) is 3.66. The molecule has 2 aromatic carbocycles. The number of amides is 2. The lowest BCUT2D eigenvalue weighted by Crippen LogP contribution is -2.18. The molecule has 31 heavy (non-hydrogen) atoms. The second kappa shape index (κ2) is 9.14. The Hall–Kier alpha value is -3.45. The minimum atomic E-state index is -0.435. The SMILES string of the molecule is COC(=O)c1ccc(NC(=O)c2c(NC(=O)c3ccccc3)sc3c2CCCC3)cc1. The number of benzene rings is 2. The lowest BCUT2D eigenvalue weighted by atomic mass is 9.95. The highest BCUT2D eigenvalue weighted by molar-refractivity contribution is 7.17. The van der Waals surface area contributed by atoms with Crippen molar-refractivity contribution < 1.29 is 19.1 Å². The molecule has 0 atom stereocenters. The monoisotopic (exact) mass is 434 g/mol. The molecule has 3 aromatic rings. The molecule has 1 aliphatic rings. The van der Waals surface area contributed by atoms with Crippen LogP contribution in [0.3, 0.4) is 0 Å². The summed E-state index contributed by atoms with van der Waals surface area (Å²) in [5.74, 6) is -0.944. The zero-order valence-electron chi connectivity index (χ0n) is 17.1. The van der Waals surface area contributed by atoms with Crippen molar-refractivity contribution in [2.24, 2.45) is 0 Å². The molecule has 0 unspecified atom stereocenters. The van der Waals surface area contributed by atoms with Crippen LogP contribution < -0.4 is 10.6 Å². The van der Waals surface area contributed by atoms with E-state index < -0.39 is 5.97 Å². The fraction of sp³-hybridized carbons (Fsp3) is 0.208.